The second-order valence-corrected chi connectivity index (χ2v) is 5.30. The molecule has 1 N–H and O–H groups in total. The predicted octanol–water partition coefficient (Wildman–Crippen LogP) is 3.32. The van der Waals surface area contributed by atoms with Crippen LogP contribution < -0.4 is 5.32 Å². The summed E-state index contributed by atoms with van der Waals surface area (Å²) in [5.74, 6) is 0.274. The molecular formula is C17H14F3N3O2. The van der Waals surface area contributed by atoms with E-state index in [1.807, 2.05) is 0 Å². The van der Waals surface area contributed by atoms with Crippen LogP contribution in [0.4, 0.5) is 13.2 Å². The molecule has 0 radical (unpaired) electrons. The first-order valence-electron chi connectivity index (χ1n) is 7.46. The third-order valence-electron chi connectivity index (χ3n) is 3.45. The summed E-state index contributed by atoms with van der Waals surface area (Å²) in [6.45, 7) is 0.317. The Morgan fingerprint density at radius 1 is 1.28 bits per heavy atom. The van der Waals surface area contributed by atoms with Gasteiger partial charge in [-0.25, -0.2) is 4.98 Å². The molecule has 1 amide bonds. The van der Waals surface area contributed by atoms with Crippen molar-refractivity contribution >= 4 is 17.6 Å². The van der Waals surface area contributed by atoms with Crippen LogP contribution in [0.15, 0.2) is 53.4 Å². The van der Waals surface area contributed by atoms with Crippen molar-refractivity contribution in [3.05, 3.63) is 66.0 Å². The van der Waals surface area contributed by atoms with Crippen LogP contribution in [0, 0.1) is 0 Å². The highest BCUT2D eigenvalue weighted by molar-refractivity contribution is 5.91. The number of amides is 1. The molecule has 0 spiro atoms. The van der Waals surface area contributed by atoms with Crippen molar-refractivity contribution in [1.82, 2.24) is 14.7 Å². The maximum atomic E-state index is 12.7. The Balaban J connectivity index is 1.57. The Morgan fingerprint density at radius 2 is 2.12 bits per heavy atom. The van der Waals surface area contributed by atoms with Gasteiger partial charge in [-0.15, -0.1) is 0 Å². The normalized spacial score (nSPS) is 12.1. The molecule has 3 aromatic rings. The zero-order chi connectivity index (χ0) is 17.9. The van der Waals surface area contributed by atoms with Crippen molar-refractivity contribution in [2.75, 3.05) is 6.54 Å². The molecule has 0 aliphatic heterocycles. The van der Waals surface area contributed by atoms with Crippen LogP contribution in [0.3, 0.4) is 0 Å². The summed E-state index contributed by atoms with van der Waals surface area (Å²) in [4.78, 5) is 15.9. The predicted molar refractivity (Wildman–Crippen MR) is 84.6 cm³/mol. The van der Waals surface area contributed by atoms with Gasteiger partial charge in [0.15, 0.2) is 0 Å². The number of carbonyl (C=O) groups is 1. The SMILES string of the molecule is O=C(/C=C/c1ccco1)NCCc1cn2cc(C(F)(F)F)ccc2n1. The number of hydrogen-bond acceptors (Lipinski definition) is 3. The molecule has 25 heavy (non-hydrogen) atoms. The molecule has 0 saturated heterocycles. The maximum absolute atomic E-state index is 12.7. The molecule has 0 aliphatic rings. The van der Waals surface area contributed by atoms with Crippen molar-refractivity contribution in [3.8, 4) is 0 Å². The highest BCUT2D eigenvalue weighted by Crippen LogP contribution is 2.29. The van der Waals surface area contributed by atoms with E-state index < -0.39 is 11.7 Å². The van der Waals surface area contributed by atoms with Crippen molar-refractivity contribution in [3.63, 3.8) is 0 Å². The van der Waals surface area contributed by atoms with E-state index in [0.29, 0.717) is 30.1 Å². The number of nitrogens with zero attached hydrogens (tertiary/aromatic N) is 2. The number of aromatic nitrogens is 2. The van der Waals surface area contributed by atoms with Gasteiger partial charge in [0.25, 0.3) is 0 Å². The van der Waals surface area contributed by atoms with E-state index in [9.17, 15) is 18.0 Å². The number of pyridine rings is 1. The van der Waals surface area contributed by atoms with E-state index in [0.717, 1.165) is 12.3 Å². The van der Waals surface area contributed by atoms with Gasteiger partial charge in [0, 0.05) is 31.4 Å². The Labute approximate surface area is 140 Å². The van der Waals surface area contributed by atoms with E-state index in [1.54, 1.807) is 18.2 Å². The molecule has 3 rings (SSSR count). The van der Waals surface area contributed by atoms with Crippen molar-refractivity contribution in [1.29, 1.82) is 0 Å². The Bertz CT molecular complexity index is 896. The van der Waals surface area contributed by atoms with Gasteiger partial charge in [-0.3, -0.25) is 4.79 Å². The molecule has 0 fully saturated rings. The summed E-state index contributed by atoms with van der Waals surface area (Å²) in [5.41, 5.74) is 0.280. The topological polar surface area (TPSA) is 59.5 Å². The zero-order valence-electron chi connectivity index (χ0n) is 13.0. The summed E-state index contributed by atoms with van der Waals surface area (Å²) >= 11 is 0. The van der Waals surface area contributed by atoms with Crippen LogP contribution >= 0.6 is 0 Å². The molecule has 0 unspecified atom stereocenters. The van der Waals surface area contributed by atoms with Crippen molar-refractivity contribution in [2.24, 2.45) is 0 Å². The average Bonchev–Trinajstić information content (AvgIpc) is 3.20. The van der Waals surface area contributed by atoms with Gasteiger partial charge in [0.2, 0.25) is 5.91 Å². The van der Waals surface area contributed by atoms with E-state index >= 15 is 0 Å². The maximum Gasteiger partial charge on any atom is 0.417 e. The molecule has 8 heteroatoms. The highest BCUT2D eigenvalue weighted by Gasteiger charge is 2.30. The van der Waals surface area contributed by atoms with Gasteiger partial charge >= 0.3 is 6.18 Å². The van der Waals surface area contributed by atoms with Gasteiger partial charge in [0.05, 0.1) is 17.5 Å². The quantitative estimate of drug-likeness (QED) is 0.719. The molecule has 3 heterocycles. The minimum atomic E-state index is -4.40. The number of rotatable bonds is 5. The number of furan rings is 1. The molecule has 0 aromatic carbocycles. The highest BCUT2D eigenvalue weighted by atomic mass is 19.4. The summed E-state index contributed by atoms with van der Waals surface area (Å²) in [6.07, 6.45) is 2.92. The Kier molecular flexibility index (Phi) is 4.60. The minimum absolute atomic E-state index is 0.292. The van der Waals surface area contributed by atoms with Crippen LogP contribution in [0.25, 0.3) is 11.7 Å². The number of alkyl halides is 3. The van der Waals surface area contributed by atoms with Crippen LogP contribution in [-0.4, -0.2) is 21.8 Å². The molecule has 0 saturated carbocycles. The van der Waals surface area contributed by atoms with Crippen molar-refractivity contribution in [2.45, 2.75) is 12.6 Å². The lowest BCUT2D eigenvalue weighted by molar-refractivity contribution is -0.137. The molecule has 0 bridgehead atoms. The number of carbonyl (C=O) groups excluding carboxylic acids is 1. The fourth-order valence-electron chi connectivity index (χ4n) is 2.25. The number of hydrogen-bond donors (Lipinski definition) is 1. The van der Waals surface area contributed by atoms with E-state index in [-0.39, 0.29) is 5.91 Å². The lowest BCUT2D eigenvalue weighted by atomic mass is 10.3. The largest absolute Gasteiger partial charge is 0.465 e. The van der Waals surface area contributed by atoms with Crippen LogP contribution in [-0.2, 0) is 17.4 Å². The van der Waals surface area contributed by atoms with Gasteiger partial charge in [0.1, 0.15) is 11.4 Å². The summed E-state index contributed by atoms with van der Waals surface area (Å²) < 4.78 is 44.5. The zero-order valence-corrected chi connectivity index (χ0v) is 13.0. The summed E-state index contributed by atoms with van der Waals surface area (Å²) in [6, 6.07) is 5.74. The fourth-order valence-corrected chi connectivity index (χ4v) is 2.25. The summed E-state index contributed by atoms with van der Waals surface area (Å²) in [7, 11) is 0. The number of nitrogens with one attached hydrogen (secondary N) is 1. The second-order valence-electron chi connectivity index (χ2n) is 5.30. The first-order chi connectivity index (χ1) is 11.9. The van der Waals surface area contributed by atoms with Crippen LogP contribution in [0.2, 0.25) is 0 Å². The van der Waals surface area contributed by atoms with E-state index in [1.165, 1.54) is 29.0 Å². The molecular weight excluding hydrogens is 335 g/mol. The van der Waals surface area contributed by atoms with Crippen LogP contribution in [0.1, 0.15) is 17.0 Å². The van der Waals surface area contributed by atoms with Gasteiger partial charge in [-0.2, -0.15) is 13.2 Å². The first-order valence-corrected chi connectivity index (χ1v) is 7.46. The van der Waals surface area contributed by atoms with Gasteiger partial charge in [-0.05, 0) is 30.3 Å². The number of halogens is 3. The molecule has 3 aromatic heterocycles. The molecule has 130 valence electrons. The van der Waals surface area contributed by atoms with Gasteiger partial charge < -0.3 is 14.1 Å². The average molecular weight is 349 g/mol. The molecule has 0 atom stereocenters. The smallest absolute Gasteiger partial charge is 0.417 e. The molecule has 0 aliphatic carbocycles. The lowest BCUT2D eigenvalue weighted by Crippen LogP contribution is -2.23. The molecule has 5 nitrogen and oxygen atoms in total. The third-order valence-corrected chi connectivity index (χ3v) is 3.45. The fraction of sp³-hybridized carbons (Fsp3) is 0.176. The third kappa shape index (κ3) is 4.28. The van der Waals surface area contributed by atoms with Crippen molar-refractivity contribution < 1.29 is 22.4 Å². The lowest BCUT2D eigenvalue weighted by Gasteiger charge is -2.05. The second kappa shape index (κ2) is 6.84. The Morgan fingerprint density at radius 3 is 2.84 bits per heavy atom. The van der Waals surface area contributed by atoms with Crippen LogP contribution in [0.5, 0.6) is 0 Å². The minimum Gasteiger partial charge on any atom is -0.465 e. The monoisotopic (exact) mass is 349 g/mol. The van der Waals surface area contributed by atoms with E-state index in [4.69, 9.17) is 4.42 Å². The number of fused-ring (bicyclic) bond motifs is 1. The Hall–Kier alpha value is -3.03. The standard InChI is InChI=1S/C17H14F3N3O2/c18-17(19,20)12-3-5-15-22-13(11-23(15)10-12)7-8-21-16(24)6-4-14-2-1-9-25-14/h1-6,9-11H,7-8H2,(H,21,24)/b6-4+. The first kappa shape index (κ1) is 16.8. The summed E-state index contributed by atoms with van der Waals surface area (Å²) in [5, 5.41) is 2.68. The van der Waals surface area contributed by atoms with E-state index in [2.05, 4.69) is 10.3 Å². The number of imidazole rings is 1. The van der Waals surface area contributed by atoms with Gasteiger partial charge in [-0.1, -0.05) is 0 Å².